The number of nitro benzene ring substituents is 1. The van der Waals surface area contributed by atoms with Crippen LogP contribution in [0.3, 0.4) is 0 Å². The topological polar surface area (TPSA) is 80.3 Å². The van der Waals surface area contributed by atoms with Crippen molar-refractivity contribution in [3.05, 3.63) is 101 Å². The lowest BCUT2D eigenvalue weighted by Crippen LogP contribution is -2.08. The van der Waals surface area contributed by atoms with E-state index in [1.165, 1.54) is 12.1 Å². The molecule has 7 nitrogen and oxygen atoms in total. The summed E-state index contributed by atoms with van der Waals surface area (Å²) in [4.78, 5) is 12.5. The van der Waals surface area contributed by atoms with Crippen LogP contribution in [0.4, 0.5) is 22.7 Å². The summed E-state index contributed by atoms with van der Waals surface area (Å²) in [6, 6.07) is 29.0. The Kier molecular flexibility index (Phi) is 6.64. The highest BCUT2D eigenvalue weighted by molar-refractivity contribution is 5.91. The summed E-state index contributed by atoms with van der Waals surface area (Å²) >= 11 is 0. The summed E-state index contributed by atoms with van der Waals surface area (Å²) < 4.78 is 5.45. The fourth-order valence-electron chi connectivity index (χ4n) is 3.58. The maximum atomic E-state index is 10.9. The second kappa shape index (κ2) is 9.95. The summed E-state index contributed by atoms with van der Waals surface area (Å²) in [5.41, 5.74) is 5.94. The van der Waals surface area contributed by atoms with Crippen LogP contribution in [-0.2, 0) is 0 Å². The highest BCUT2D eigenvalue weighted by Gasteiger charge is 2.15. The maximum absolute atomic E-state index is 10.9. The van der Waals surface area contributed by atoms with E-state index >= 15 is 0 Å². The molecule has 0 fully saturated rings. The van der Waals surface area contributed by atoms with Crippen molar-refractivity contribution in [2.75, 3.05) is 26.1 Å². The van der Waals surface area contributed by atoms with Crippen LogP contribution in [0.1, 0.15) is 0 Å². The van der Waals surface area contributed by atoms with E-state index in [9.17, 15) is 10.1 Å². The summed E-state index contributed by atoms with van der Waals surface area (Å²) in [5, 5.41) is 19.7. The first-order valence-electron chi connectivity index (χ1n) is 10.6. The Morgan fingerprint density at radius 3 is 2.35 bits per heavy atom. The molecule has 4 aromatic carbocycles. The standard InChI is InChI=1S/C27H23N4O3/c1-30(2)23-9-4-7-19(17-23)25-11-6-12-26(27(25)20-8-5-10-24(18-20)34-3)29-28-21-13-15-22(16-14-21)31(32)33/h4-11,13-18H,1-3H3. The third-order valence-electron chi connectivity index (χ3n) is 5.33. The van der Waals surface area contributed by atoms with Crippen LogP contribution in [0.25, 0.3) is 22.3 Å². The van der Waals surface area contributed by atoms with E-state index in [-0.39, 0.29) is 5.69 Å². The minimum atomic E-state index is -0.444. The van der Waals surface area contributed by atoms with Crippen molar-refractivity contribution < 1.29 is 9.66 Å². The van der Waals surface area contributed by atoms with Crippen LogP contribution in [0, 0.1) is 16.2 Å². The fourth-order valence-corrected chi connectivity index (χ4v) is 3.58. The van der Waals surface area contributed by atoms with Gasteiger partial charge in [0.15, 0.2) is 0 Å². The second-order valence-corrected chi connectivity index (χ2v) is 7.77. The van der Waals surface area contributed by atoms with Gasteiger partial charge in [0.05, 0.1) is 17.7 Å². The van der Waals surface area contributed by atoms with Gasteiger partial charge in [-0.25, -0.2) is 0 Å². The molecule has 0 N–H and O–H groups in total. The number of hydrogen-bond acceptors (Lipinski definition) is 6. The molecule has 0 aromatic heterocycles. The van der Waals surface area contributed by atoms with Crippen LogP contribution >= 0.6 is 0 Å². The Balaban J connectivity index is 1.85. The number of anilines is 1. The number of benzene rings is 4. The van der Waals surface area contributed by atoms with Gasteiger partial charge in [-0.2, -0.15) is 5.11 Å². The predicted octanol–water partition coefficient (Wildman–Crippen LogP) is 7.22. The number of azo groups is 1. The summed E-state index contributed by atoms with van der Waals surface area (Å²) in [6.07, 6.45) is 0. The minimum Gasteiger partial charge on any atom is -0.497 e. The molecule has 0 saturated heterocycles. The average Bonchev–Trinajstić information content (AvgIpc) is 2.87. The smallest absolute Gasteiger partial charge is 0.269 e. The zero-order chi connectivity index (χ0) is 24.1. The van der Waals surface area contributed by atoms with Crippen molar-refractivity contribution in [1.29, 1.82) is 0 Å². The molecule has 169 valence electrons. The van der Waals surface area contributed by atoms with E-state index in [1.807, 2.05) is 56.6 Å². The first kappa shape index (κ1) is 22.7. The molecule has 0 heterocycles. The highest BCUT2D eigenvalue weighted by atomic mass is 16.6. The third kappa shape index (κ3) is 4.94. The number of non-ortho nitro benzene ring substituents is 1. The first-order chi connectivity index (χ1) is 16.5. The highest BCUT2D eigenvalue weighted by Crippen LogP contribution is 2.41. The summed E-state index contributed by atoms with van der Waals surface area (Å²) in [6.45, 7) is 0. The number of nitrogens with zero attached hydrogens (tertiary/aromatic N) is 4. The molecule has 0 aliphatic heterocycles. The first-order valence-corrected chi connectivity index (χ1v) is 10.6. The number of ether oxygens (including phenoxy) is 1. The van der Waals surface area contributed by atoms with Crippen LogP contribution in [0.2, 0.25) is 0 Å². The van der Waals surface area contributed by atoms with Crippen LogP contribution < -0.4 is 9.64 Å². The Morgan fingerprint density at radius 2 is 1.65 bits per heavy atom. The van der Waals surface area contributed by atoms with Crippen LogP contribution in [0.15, 0.2) is 95.2 Å². The maximum Gasteiger partial charge on any atom is 0.269 e. The fraction of sp³-hybridized carbons (Fsp3) is 0.111. The molecule has 0 amide bonds. The van der Waals surface area contributed by atoms with Crippen molar-refractivity contribution in [2.45, 2.75) is 0 Å². The second-order valence-electron chi connectivity index (χ2n) is 7.77. The Labute approximate surface area is 198 Å². The molecule has 4 aromatic rings. The molecule has 0 saturated carbocycles. The van der Waals surface area contributed by atoms with Crippen molar-refractivity contribution in [3.8, 4) is 28.0 Å². The molecule has 4 rings (SSSR count). The number of hydrogen-bond donors (Lipinski definition) is 0. The van der Waals surface area contributed by atoms with Gasteiger partial charge in [0.1, 0.15) is 11.4 Å². The molecule has 0 aliphatic rings. The predicted molar refractivity (Wildman–Crippen MR) is 134 cm³/mol. The van der Waals surface area contributed by atoms with Gasteiger partial charge < -0.3 is 9.64 Å². The molecule has 0 unspecified atom stereocenters. The monoisotopic (exact) mass is 451 g/mol. The lowest BCUT2D eigenvalue weighted by atomic mass is 9.92. The van der Waals surface area contributed by atoms with Crippen molar-refractivity contribution in [1.82, 2.24) is 0 Å². The zero-order valence-electron chi connectivity index (χ0n) is 19.1. The zero-order valence-corrected chi connectivity index (χ0v) is 19.1. The number of methoxy groups -OCH3 is 1. The van der Waals surface area contributed by atoms with Gasteiger partial charge in [-0.05, 0) is 53.1 Å². The van der Waals surface area contributed by atoms with Crippen molar-refractivity contribution in [3.63, 3.8) is 0 Å². The third-order valence-corrected chi connectivity index (χ3v) is 5.33. The van der Waals surface area contributed by atoms with Gasteiger partial charge in [0.2, 0.25) is 0 Å². The van der Waals surface area contributed by atoms with Gasteiger partial charge in [-0.1, -0.05) is 36.4 Å². The molecule has 7 heteroatoms. The van der Waals surface area contributed by atoms with Crippen LogP contribution in [0.5, 0.6) is 5.75 Å². The largest absolute Gasteiger partial charge is 0.497 e. The molecule has 0 atom stereocenters. The van der Waals surface area contributed by atoms with Gasteiger partial charge in [-0.3, -0.25) is 10.1 Å². The lowest BCUT2D eigenvalue weighted by molar-refractivity contribution is -0.384. The molecular formula is C27H23N4O3. The minimum absolute atomic E-state index is 0.00496. The van der Waals surface area contributed by atoms with E-state index in [4.69, 9.17) is 4.74 Å². The van der Waals surface area contributed by atoms with E-state index in [1.54, 1.807) is 19.2 Å². The Hall–Kier alpha value is -4.52. The van der Waals surface area contributed by atoms with Gasteiger partial charge in [0, 0.05) is 43.5 Å². The van der Waals surface area contributed by atoms with Gasteiger partial charge in [-0.15, -0.1) is 5.11 Å². The normalized spacial score (nSPS) is 10.9. The van der Waals surface area contributed by atoms with E-state index < -0.39 is 4.92 Å². The number of nitro groups is 1. The lowest BCUT2D eigenvalue weighted by Gasteiger charge is -2.17. The molecule has 0 bridgehead atoms. The quantitative estimate of drug-likeness (QED) is 0.169. The number of rotatable bonds is 7. The molecular weight excluding hydrogens is 428 g/mol. The van der Waals surface area contributed by atoms with E-state index in [0.29, 0.717) is 11.4 Å². The summed E-state index contributed by atoms with van der Waals surface area (Å²) in [5.74, 6) is 0.729. The van der Waals surface area contributed by atoms with Crippen molar-refractivity contribution in [2.24, 2.45) is 10.2 Å². The average molecular weight is 452 g/mol. The molecule has 34 heavy (non-hydrogen) atoms. The Morgan fingerprint density at radius 1 is 0.912 bits per heavy atom. The van der Waals surface area contributed by atoms with E-state index in [2.05, 4.69) is 39.4 Å². The molecule has 0 aliphatic carbocycles. The Bertz CT molecular complexity index is 1350. The molecule has 1 radical (unpaired) electrons. The van der Waals surface area contributed by atoms with Gasteiger partial charge in [0.25, 0.3) is 5.69 Å². The van der Waals surface area contributed by atoms with Crippen molar-refractivity contribution >= 4 is 22.7 Å². The SMILES string of the molecule is COc1cccc(-c2c(N=Nc3ccc([N+](=O)[O-])cc3)[c]ccc2-c2cccc(N(C)C)c2)c1. The van der Waals surface area contributed by atoms with E-state index in [0.717, 1.165) is 33.7 Å². The summed E-state index contributed by atoms with van der Waals surface area (Å²) in [7, 11) is 5.64. The van der Waals surface area contributed by atoms with Gasteiger partial charge >= 0.3 is 0 Å². The van der Waals surface area contributed by atoms with Crippen LogP contribution in [-0.4, -0.2) is 26.1 Å². The molecule has 0 spiro atoms.